The molecule has 0 radical (unpaired) electrons. The Balaban J connectivity index is 1.36. The smallest absolute Gasteiger partial charge is 0.226 e. The number of amides is 1. The molecule has 0 bridgehead atoms. The molecule has 1 aliphatic rings. The highest BCUT2D eigenvalue weighted by Crippen LogP contribution is 2.32. The molecule has 5 nitrogen and oxygen atoms in total. The molecule has 1 saturated heterocycles. The van der Waals surface area contributed by atoms with Crippen LogP contribution in [0.1, 0.15) is 37.8 Å². The van der Waals surface area contributed by atoms with Crippen molar-refractivity contribution in [3.8, 4) is 0 Å². The molecule has 0 aliphatic carbocycles. The number of piperidine rings is 1. The minimum atomic E-state index is -0.425. The number of thiophene rings is 1. The van der Waals surface area contributed by atoms with Gasteiger partial charge in [0, 0.05) is 24.5 Å². The first-order valence-corrected chi connectivity index (χ1v) is 11.1. The minimum Gasteiger partial charge on any atom is -0.355 e. The SMILES string of the molecule is Cc1csc2c(N3CCC(NC(=O)C(C)(C)Cc4ccccc4)CC3)ncnc12. The van der Waals surface area contributed by atoms with Crippen LogP contribution in [0.3, 0.4) is 0 Å². The zero-order chi connectivity index (χ0) is 20.4. The third-order valence-electron chi connectivity index (χ3n) is 5.75. The molecular formula is C23H28N4OS. The summed E-state index contributed by atoms with van der Waals surface area (Å²) in [5.74, 6) is 1.17. The fourth-order valence-corrected chi connectivity index (χ4v) is 5.00. The highest BCUT2D eigenvalue weighted by molar-refractivity contribution is 7.18. The molecule has 1 amide bonds. The maximum atomic E-state index is 12.9. The van der Waals surface area contributed by atoms with Crippen molar-refractivity contribution in [2.45, 2.75) is 46.1 Å². The Kier molecular flexibility index (Phi) is 5.54. The lowest BCUT2D eigenvalue weighted by Gasteiger charge is -2.35. The van der Waals surface area contributed by atoms with Gasteiger partial charge in [-0.2, -0.15) is 0 Å². The van der Waals surface area contributed by atoms with Crippen molar-refractivity contribution in [2.75, 3.05) is 18.0 Å². The highest BCUT2D eigenvalue weighted by atomic mass is 32.1. The largest absolute Gasteiger partial charge is 0.355 e. The number of fused-ring (bicyclic) bond motifs is 1. The predicted octanol–water partition coefficient (Wildman–Crippen LogP) is 4.35. The maximum Gasteiger partial charge on any atom is 0.226 e. The van der Waals surface area contributed by atoms with E-state index in [-0.39, 0.29) is 11.9 Å². The average Bonchev–Trinajstić information content (AvgIpc) is 3.10. The number of aryl methyl sites for hydroxylation is 1. The second kappa shape index (κ2) is 8.11. The lowest BCUT2D eigenvalue weighted by Crippen LogP contribution is -2.49. The number of aromatic nitrogens is 2. The molecule has 0 spiro atoms. The van der Waals surface area contributed by atoms with Crippen LogP contribution in [0.5, 0.6) is 0 Å². The van der Waals surface area contributed by atoms with Gasteiger partial charge < -0.3 is 10.2 Å². The van der Waals surface area contributed by atoms with Gasteiger partial charge in [-0.3, -0.25) is 4.79 Å². The van der Waals surface area contributed by atoms with Crippen molar-refractivity contribution in [1.29, 1.82) is 0 Å². The quantitative estimate of drug-likeness (QED) is 0.682. The van der Waals surface area contributed by atoms with Crippen molar-refractivity contribution in [2.24, 2.45) is 5.41 Å². The summed E-state index contributed by atoms with van der Waals surface area (Å²) in [6.45, 7) is 7.94. The van der Waals surface area contributed by atoms with Crippen molar-refractivity contribution in [3.05, 3.63) is 53.2 Å². The van der Waals surface area contributed by atoms with E-state index < -0.39 is 5.41 Å². The summed E-state index contributed by atoms with van der Waals surface area (Å²) in [6, 6.07) is 10.4. The Labute approximate surface area is 176 Å². The number of carbonyl (C=O) groups is 1. The molecule has 1 N–H and O–H groups in total. The van der Waals surface area contributed by atoms with Crippen LogP contribution in [0.2, 0.25) is 0 Å². The van der Waals surface area contributed by atoms with E-state index in [1.165, 1.54) is 11.1 Å². The van der Waals surface area contributed by atoms with Gasteiger partial charge in [-0.1, -0.05) is 44.2 Å². The highest BCUT2D eigenvalue weighted by Gasteiger charge is 2.31. The Morgan fingerprint density at radius 2 is 1.93 bits per heavy atom. The van der Waals surface area contributed by atoms with E-state index in [1.54, 1.807) is 17.7 Å². The van der Waals surface area contributed by atoms with E-state index in [4.69, 9.17) is 0 Å². The van der Waals surface area contributed by atoms with E-state index in [1.807, 2.05) is 32.0 Å². The number of nitrogens with zero attached hydrogens (tertiary/aromatic N) is 3. The number of carbonyl (C=O) groups excluding carboxylic acids is 1. The molecule has 1 aromatic carbocycles. The first kappa shape index (κ1) is 19.8. The molecule has 2 aromatic heterocycles. The molecule has 1 fully saturated rings. The number of nitrogens with one attached hydrogen (secondary N) is 1. The van der Waals surface area contributed by atoms with Crippen molar-refractivity contribution >= 4 is 33.3 Å². The van der Waals surface area contributed by atoms with Gasteiger partial charge in [0.05, 0.1) is 10.2 Å². The fourth-order valence-electron chi connectivity index (χ4n) is 3.99. The summed E-state index contributed by atoms with van der Waals surface area (Å²) in [5.41, 5.74) is 3.03. The number of anilines is 1. The summed E-state index contributed by atoms with van der Waals surface area (Å²) in [4.78, 5) is 24.2. The molecule has 29 heavy (non-hydrogen) atoms. The molecule has 4 rings (SSSR count). The van der Waals surface area contributed by atoms with E-state index in [2.05, 4.69) is 44.6 Å². The van der Waals surface area contributed by atoms with Crippen LogP contribution in [0, 0.1) is 12.3 Å². The first-order valence-electron chi connectivity index (χ1n) is 10.2. The Bertz CT molecular complexity index is 991. The van der Waals surface area contributed by atoms with Gasteiger partial charge in [-0.25, -0.2) is 9.97 Å². The number of hydrogen-bond donors (Lipinski definition) is 1. The van der Waals surface area contributed by atoms with Gasteiger partial charge in [0.25, 0.3) is 0 Å². The zero-order valence-corrected chi connectivity index (χ0v) is 18.1. The lowest BCUT2D eigenvalue weighted by atomic mass is 9.84. The van der Waals surface area contributed by atoms with Crippen LogP contribution in [0.15, 0.2) is 42.0 Å². The number of hydrogen-bond acceptors (Lipinski definition) is 5. The van der Waals surface area contributed by atoms with Gasteiger partial charge >= 0.3 is 0 Å². The van der Waals surface area contributed by atoms with Crippen LogP contribution in [-0.2, 0) is 11.2 Å². The monoisotopic (exact) mass is 408 g/mol. The third-order valence-corrected chi connectivity index (χ3v) is 6.83. The van der Waals surface area contributed by atoms with Gasteiger partial charge in [0.1, 0.15) is 12.1 Å². The topological polar surface area (TPSA) is 58.1 Å². The predicted molar refractivity (Wildman–Crippen MR) is 119 cm³/mol. The molecule has 3 heterocycles. The van der Waals surface area contributed by atoms with Gasteiger partial charge in [0.15, 0.2) is 0 Å². The lowest BCUT2D eigenvalue weighted by molar-refractivity contribution is -0.130. The molecular weight excluding hydrogens is 380 g/mol. The standard InChI is InChI=1S/C23H28N4OS/c1-16-14-29-20-19(16)24-15-25-21(20)27-11-9-18(10-12-27)26-22(28)23(2,3)13-17-7-5-4-6-8-17/h4-8,14-15,18H,9-13H2,1-3H3,(H,26,28). The normalized spacial score (nSPS) is 15.6. The van der Waals surface area contributed by atoms with Crippen LogP contribution in [0.4, 0.5) is 5.82 Å². The fraction of sp³-hybridized carbons (Fsp3) is 0.435. The third kappa shape index (κ3) is 4.27. The molecule has 6 heteroatoms. The van der Waals surface area contributed by atoms with E-state index in [9.17, 15) is 4.79 Å². The second-order valence-electron chi connectivity index (χ2n) is 8.57. The Morgan fingerprint density at radius 3 is 2.66 bits per heavy atom. The van der Waals surface area contributed by atoms with E-state index >= 15 is 0 Å². The van der Waals surface area contributed by atoms with Crippen molar-refractivity contribution < 1.29 is 4.79 Å². The van der Waals surface area contributed by atoms with Crippen LogP contribution >= 0.6 is 11.3 Å². The summed E-state index contributed by atoms with van der Waals surface area (Å²) in [7, 11) is 0. The van der Waals surface area contributed by atoms with Gasteiger partial charge in [-0.15, -0.1) is 11.3 Å². The van der Waals surface area contributed by atoms with Crippen molar-refractivity contribution in [1.82, 2.24) is 15.3 Å². The number of rotatable bonds is 5. The maximum absolute atomic E-state index is 12.9. The Morgan fingerprint density at radius 1 is 1.21 bits per heavy atom. The van der Waals surface area contributed by atoms with E-state index in [0.717, 1.165) is 48.4 Å². The molecule has 0 atom stereocenters. The summed E-state index contributed by atoms with van der Waals surface area (Å²) >= 11 is 1.71. The molecule has 0 unspecified atom stereocenters. The summed E-state index contributed by atoms with van der Waals surface area (Å²) in [5, 5.41) is 5.44. The summed E-state index contributed by atoms with van der Waals surface area (Å²) in [6.07, 6.45) is 4.28. The van der Waals surface area contributed by atoms with Crippen LogP contribution in [0.25, 0.3) is 10.2 Å². The first-order chi connectivity index (χ1) is 13.9. The zero-order valence-electron chi connectivity index (χ0n) is 17.3. The summed E-state index contributed by atoms with van der Waals surface area (Å²) < 4.78 is 1.16. The van der Waals surface area contributed by atoms with Crippen molar-refractivity contribution in [3.63, 3.8) is 0 Å². The minimum absolute atomic E-state index is 0.137. The van der Waals surface area contributed by atoms with Gasteiger partial charge in [-0.05, 0) is 42.7 Å². The van der Waals surface area contributed by atoms with E-state index in [0.29, 0.717) is 0 Å². The van der Waals surface area contributed by atoms with Crippen LogP contribution < -0.4 is 10.2 Å². The molecule has 152 valence electrons. The van der Waals surface area contributed by atoms with Gasteiger partial charge in [0.2, 0.25) is 5.91 Å². The average molecular weight is 409 g/mol. The molecule has 3 aromatic rings. The number of benzene rings is 1. The Hall–Kier alpha value is -2.47. The second-order valence-corrected chi connectivity index (χ2v) is 9.45. The molecule has 1 aliphatic heterocycles. The molecule has 0 saturated carbocycles. The van der Waals surface area contributed by atoms with Crippen LogP contribution in [-0.4, -0.2) is 35.0 Å².